The summed E-state index contributed by atoms with van der Waals surface area (Å²) in [6, 6.07) is 18.2. The summed E-state index contributed by atoms with van der Waals surface area (Å²) in [5, 5.41) is 15.9. The second kappa shape index (κ2) is 7.86. The van der Waals surface area contributed by atoms with Crippen molar-refractivity contribution in [2.45, 2.75) is 26.4 Å². The van der Waals surface area contributed by atoms with Crippen LogP contribution in [0.1, 0.15) is 18.9 Å². The first-order valence-corrected chi connectivity index (χ1v) is 8.70. The van der Waals surface area contributed by atoms with E-state index in [9.17, 15) is 14.9 Å². The van der Waals surface area contributed by atoms with E-state index < -0.39 is 11.0 Å². The molecule has 0 heterocycles. The molecule has 3 aromatic rings. The van der Waals surface area contributed by atoms with Crippen LogP contribution in [-0.4, -0.2) is 16.9 Å². The molecule has 138 valence electrons. The van der Waals surface area contributed by atoms with Crippen molar-refractivity contribution in [3.05, 3.63) is 76.3 Å². The molecule has 0 aromatic heterocycles. The summed E-state index contributed by atoms with van der Waals surface area (Å²) in [4.78, 5) is 23.2. The van der Waals surface area contributed by atoms with Gasteiger partial charge in [-0.05, 0) is 42.3 Å². The van der Waals surface area contributed by atoms with Crippen molar-refractivity contribution in [1.29, 1.82) is 0 Å². The average Bonchev–Trinajstić information content (AvgIpc) is 2.67. The molecule has 1 N–H and O–H groups in total. The molecular formula is C21H20N2O4. The topological polar surface area (TPSA) is 81.5 Å². The first-order chi connectivity index (χ1) is 13.0. The largest absolute Gasteiger partial charge is 0.481 e. The molecule has 0 aliphatic carbocycles. The fraction of sp³-hybridized carbons (Fsp3) is 0.190. The highest BCUT2D eigenvalue weighted by Gasteiger charge is 2.21. The van der Waals surface area contributed by atoms with E-state index in [4.69, 9.17) is 4.74 Å². The highest BCUT2D eigenvalue weighted by Crippen LogP contribution is 2.26. The number of carbonyl (C=O) groups is 1. The summed E-state index contributed by atoms with van der Waals surface area (Å²) in [5.41, 5.74) is 0.794. The SMILES string of the molecule is CC[C@H](Oc1ccc2ccccc2c1)C(=O)Nc1cccc([N+](=O)[O-])c1C. The van der Waals surface area contributed by atoms with Crippen molar-refractivity contribution >= 4 is 28.1 Å². The molecular weight excluding hydrogens is 344 g/mol. The van der Waals surface area contributed by atoms with Crippen molar-refractivity contribution in [3.8, 4) is 5.75 Å². The average molecular weight is 364 g/mol. The number of anilines is 1. The van der Waals surface area contributed by atoms with Crippen LogP contribution >= 0.6 is 0 Å². The van der Waals surface area contributed by atoms with Gasteiger partial charge in [-0.25, -0.2) is 0 Å². The van der Waals surface area contributed by atoms with Gasteiger partial charge in [0.2, 0.25) is 0 Å². The fourth-order valence-corrected chi connectivity index (χ4v) is 2.90. The van der Waals surface area contributed by atoms with E-state index in [2.05, 4.69) is 5.32 Å². The van der Waals surface area contributed by atoms with E-state index in [1.165, 1.54) is 6.07 Å². The zero-order valence-corrected chi connectivity index (χ0v) is 15.1. The Kier molecular flexibility index (Phi) is 5.35. The maximum Gasteiger partial charge on any atom is 0.274 e. The number of hydrogen-bond acceptors (Lipinski definition) is 4. The lowest BCUT2D eigenvalue weighted by Gasteiger charge is -2.18. The Morgan fingerprint density at radius 3 is 2.56 bits per heavy atom. The molecule has 0 aliphatic rings. The van der Waals surface area contributed by atoms with Gasteiger partial charge < -0.3 is 10.1 Å². The van der Waals surface area contributed by atoms with Gasteiger partial charge in [-0.2, -0.15) is 0 Å². The number of nitrogens with one attached hydrogen (secondary N) is 1. The number of nitro groups is 1. The highest BCUT2D eigenvalue weighted by molar-refractivity contribution is 5.95. The van der Waals surface area contributed by atoms with Crippen molar-refractivity contribution in [3.63, 3.8) is 0 Å². The number of ether oxygens (including phenoxy) is 1. The lowest BCUT2D eigenvalue weighted by Crippen LogP contribution is -2.32. The Bertz CT molecular complexity index is 1000. The Hall–Kier alpha value is -3.41. The Labute approximate surface area is 156 Å². The number of amides is 1. The van der Waals surface area contributed by atoms with E-state index in [1.807, 2.05) is 49.4 Å². The van der Waals surface area contributed by atoms with Crippen LogP contribution in [-0.2, 0) is 4.79 Å². The third kappa shape index (κ3) is 4.06. The Morgan fingerprint density at radius 1 is 1.11 bits per heavy atom. The van der Waals surface area contributed by atoms with Crippen LogP contribution in [0, 0.1) is 17.0 Å². The molecule has 0 bridgehead atoms. The summed E-state index contributed by atoms with van der Waals surface area (Å²) in [7, 11) is 0. The smallest absolute Gasteiger partial charge is 0.274 e. The van der Waals surface area contributed by atoms with E-state index in [-0.39, 0.29) is 11.6 Å². The van der Waals surface area contributed by atoms with Gasteiger partial charge in [0, 0.05) is 6.07 Å². The summed E-state index contributed by atoms with van der Waals surface area (Å²) in [6.07, 6.45) is -0.239. The summed E-state index contributed by atoms with van der Waals surface area (Å²) < 4.78 is 5.88. The minimum absolute atomic E-state index is 0.0312. The monoisotopic (exact) mass is 364 g/mol. The number of hydrogen-bond donors (Lipinski definition) is 1. The lowest BCUT2D eigenvalue weighted by molar-refractivity contribution is -0.385. The molecule has 1 amide bonds. The molecule has 3 rings (SSSR count). The van der Waals surface area contributed by atoms with Crippen LogP contribution in [0.3, 0.4) is 0 Å². The highest BCUT2D eigenvalue weighted by atomic mass is 16.6. The first-order valence-electron chi connectivity index (χ1n) is 8.70. The van der Waals surface area contributed by atoms with Crippen molar-refractivity contribution in [2.75, 3.05) is 5.32 Å². The number of benzene rings is 3. The first kappa shape index (κ1) is 18.4. The van der Waals surface area contributed by atoms with Gasteiger partial charge >= 0.3 is 0 Å². The zero-order chi connectivity index (χ0) is 19.4. The van der Waals surface area contributed by atoms with E-state index in [0.29, 0.717) is 23.4 Å². The van der Waals surface area contributed by atoms with Gasteiger partial charge in [-0.15, -0.1) is 0 Å². The normalized spacial score (nSPS) is 11.8. The standard InChI is InChI=1S/C21H20N2O4/c1-3-20(27-17-12-11-15-7-4-5-8-16(15)13-17)21(24)22-18-9-6-10-19(14(18)2)23(25)26/h4-13,20H,3H2,1-2H3,(H,22,24)/t20-/m0/s1. The molecule has 0 radical (unpaired) electrons. The van der Waals surface area contributed by atoms with Crippen molar-refractivity contribution < 1.29 is 14.5 Å². The lowest BCUT2D eigenvalue weighted by atomic mass is 10.1. The molecule has 0 fully saturated rings. The van der Waals surface area contributed by atoms with E-state index >= 15 is 0 Å². The summed E-state index contributed by atoms with van der Waals surface area (Å²) in [5.74, 6) is 0.265. The molecule has 0 saturated carbocycles. The van der Waals surface area contributed by atoms with E-state index in [0.717, 1.165) is 10.8 Å². The molecule has 3 aromatic carbocycles. The Morgan fingerprint density at radius 2 is 1.85 bits per heavy atom. The number of fused-ring (bicyclic) bond motifs is 1. The minimum atomic E-state index is -0.704. The second-order valence-corrected chi connectivity index (χ2v) is 6.22. The Balaban J connectivity index is 1.78. The van der Waals surface area contributed by atoms with Crippen LogP contribution in [0.4, 0.5) is 11.4 Å². The van der Waals surface area contributed by atoms with Gasteiger partial charge in [-0.1, -0.05) is 43.3 Å². The van der Waals surface area contributed by atoms with Gasteiger partial charge in [0.1, 0.15) is 5.75 Å². The maximum atomic E-state index is 12.6. The number of nitrogens with zero attached hydrogens (tertiary/aromatic N) is 1. The van der Waals surface area contributed by atoms with Crippen LogP contribution in [0.15, 0.2) is 60.7 Å². The molecule has 27 heavy (non-hydrogen) atoms. The van der Waals surface area contributed by atoms with Crippen molar-refractivity contribution in [1.82, 2.24) is 0 Å². The summed E-state index contributed by atoms with van der Waals surface area (Å²) >= 11 is 0. The number of nitro benzene ring substituents is 1. The maximum absolute atomic E-state index is 12.6. The minimum Gasteiger partial charge on any atom is -0.481 e. The van der Waals surface area contributed by atoms with E-state index in [1.54, 1.807) is 19.1 Å². The predicted octanol–water partition coefficient (Wildman–Crippen LogP) is 4.85. The third-order valence-electron chi connectivity index (χ3n) is 4.42. The van der Waals surface area contributed by atoms with Crippen LogP contribution < -0.4 is 10.1 Å². The molecule has 1 atom stereocenters. The zero-order valence-electron chi connectivity index (χ0n) is 15.1. The predicted molar refractivity (Wildman–Crippen MR) is 105 cm³/mol. The third-order valence-corrected chi connectivity index (χ3v) is 4.42. The number of rotatable bonds is 6. The molecule has 0 saturated heterocycles. The second-order valence-electron chi connectivity index (χ2n) is 6.22. The van der Waals surface area contributed by atoms with Gasteiger partial charge in [0.05, 0.1) is 16.2 Å². The summed E-state index contributed by atoms with van der Waals surface area (Å²) in [6.45, 7) is 3.46. The van der Waals surface area contributed by atoms with Crippen LogP contribution in [0.2, 0.25) is 0 Å². The molecule has 6 heteroatoms. The molecule has 0 unspecified atom stereocenters. The molecule has 0 spiro atoms. The number of carbonyl (C=O) groups excluding carboxylic acids is 1. The van der Waals surface area contributed by atoms with Gasteiger partial charge in [-0.3, -0.25) is 14.9 Å². The van der Waals surface area contributed by atoms with Crippen molar-refractivity contribution in [2.24, 2.45) is 0 Å². The fourth-order valence-electron chi connectivity index (χ4n) is 2.90. The van der Waals surface area contributed by atoms with Crippen LogP contribution in [0.5, 0.6) is 5.75 Å². The van der Waals surface area contributed by atoms with Crippen LogP contribution in [0.25, 0.3) is 10.8 Å². The molecule has 6 nitrogen and oxygen atoms in total. The quantitative estimate of drug-likeness (QED) is 0.500. The van der Waals surface area contributed by atoms with Gasteiger partial charge in [0.25, 0.3) is 11.6 Å². The molecule has 0 aliphatic heterocycles. The van der Waals surface area contributed by atoms with Gasteiger partial charge in [0.15, 0.2) is 6.10 Å².